The summed E-state index contributed by atoms with van der Waals surface area (Å²) in [6.45, 7) is 3.26. The summed E-state index contributed by atoms with van der Waals surface area (Å²) >= 11 is 0. The molecule has 2 rings (SSSR count). The maximum atomic E-state index is 12.7. The van der Waals surface area contributed by atoms with Crippen LogP contribution in [0.2, 0.25) is 0 Å². The number of likely N-dealkylation sites (N-methyl/N-ethyl adjacent to an activating group) is 1. The molecule has 1 aliphatic heterocycles. The van der Waals surface area contributed by atoms with Gasteiger partial charge in [-0.1, -0.05) is 29.8 Å². The van der Waals surface area contributed by atoms with Gasteiger partial charge in [0.2, 0.25) is 11.8 Å². The number of piperazine rings is 1. The zero-order valence-electron chi connectivity index (χ0n) is 12.2. The summed E-state index contributed by atoms with van der Waals surface area (Å²) < 4.78 is 0. The van der Waals surface area contributed by atoms with Crippen molar-refractivity contribution in [2.45, 2.75) is 13.0 Å². The number of nitrogens with one attached hydrogen (secondary N) is 1. The lowest BCUT2D eigenvalue weighted by Gasteiger charge is -2.33. The Morgan fingerprint density at radius 1 is 1.30 bits per heavy atom. The summed E-state index contributed by atoms with van der Waals surface area (Å²) in [4.78, 5) is 27.6. The first-order chi connectivity index (χ1) is 9.49. The van der Waals surface area contributed by atoms with Gasteiger partial charge in [-0.3, -0.25) is 14.5 Å². The van der Waals surface area contributed by atoms with Gasteiger partial charge in [-0.2, -0.15) is 0 Å². The molecule has 1 aromatic carbocycles. The van der Waals surface area contributed by atoms with Gasteiger partial charge in [0.1, 0.15) is 6.04 Å². The monoisotopic (exact) mass is 275 g/mol. The van der Waals surface area contributed by atoms with Crippen molar-refractivity contribution in [3.8, 4) is 0 Å². The molecule has 2 amide bonds. The molecule has 5 nitrogen and oxygen atoms in total. The number of aryl methyl sites for hydroxylation is 1. The largest absolute Gasteiger partial charge is 0.353 e. The van der Waals surface area contributed by atoms with Crippen molar-refractivity contribution in [3.63, 3.8) is 0 Å². The van der Waals surface area contributed by atoms with Crippen LogP contribution in [0.1, 0.15) is 17.2 Å². The molecule has 1 aliphatic rings. The van der Waals surface area contributed by atoms with E-state index in [1.54, 1.807) is 4.90 Å². The van der Waals surface area contributed by atoms with E-state index in [0.29, 0.717) is 13.1 Å². The van der Waals surface area contributed by atoms with Crippen LogP contribution >= 0.6 is 0 Å². The molecule has 0 spiro atoms. The molecule has 108 valence electrons. The van der Waals surface area contributed by atoms with Gasteiger partial charge in [-0.25, -0.2) is 0 Å². The number of nitrogens with zero attached hydrogens (tertiary/aromatic N) is 2. The van der Waals surface area contributed by atoms with Crippen LogP contribution in [0.4, 0.5) is 0 Å². The van der Waals surface area contributed by atoms with E-state index < -0.39 is 0 Å². The lowest BCUT2D eigenvalue weighted by Crippen LogP contribution is -2.52. The minimum atomic E-state index is -0.346. The smallest absolute Gasteiger partial charge is 0.245 e. The molecule has 1 saturated heterocycles. The molecule has 0 unspecified atom stereocenters. The minimum absolute atomic E-state index is 0.0197. The van der Waals surface area contributed by atoms with E-state index >= 15 is 0 Å². The van der Waals surface area contributed by atoms with Crippen LogP contribution < -0.4 is 5.32 Å². The van der Waals surface area contributed by atoms with Crippen LogP contribution in [0.3, 0.4) is 0 Å². The second-order valence-corrected chi connectivity index (χ2v) is 5.39. The van der Waals surface area contributed by atoms with Crippen molar-refractivity contribution in [2.75, 3.05) is 33.7 Å². The summed E-state index contributed by atoms with van der Waals surface area (Å²) in [6.07, 6.45) is 0. The number of hydrogen-bond acceptors (Lipinski definition) is 3. The normalized spacial score (nSPS) is 17.0. The summed E-state index contributed by atoms with van der Waals surface area (Å²) in [7, 11) is 3.76. The lowest BCUT2D eigenvalue weighted by atomic mass is 10.0. The average Bonchev–Trinajstić information content (AvgIpc) is 2.41. The Bertz CT molecular complexity index is 496. The highest BCUT2D eigenvalue weighted by Gasteiger charge is 2.30. The zero-order valence-corrected chi connectivity index (χ0v) is 12.2. The number of hydrogen-bond donors (Lipinski definition) is 1. The number of rotatable bonds is 3. The van der Waals surface area contributed by atoms with Gasteiger partial charge < -0.3 is 10.2 Å². The number of carbonyl (C=O) groups excluding carboxylic acids is 2. The van der Waals surface area contributed by atoms with Gasteiger partial charge in [-0.15, -0.1) is 0 Å². The van der Waals surface area contributed by atoms with Crippen molar-refractivity contribution in [2.24, 2.45) is 0 Å². The first-order valence-electron chi connectivity index (χ1n) is 6.77. The zero-order chi connectivity index (χ0) is 14.7. The van der Waals surface area contributed by atoms with Gasteiger partial charge in [0, 0.05) is 13.1 Å². The second-order valence-electron chi connectivity index (χ2n) is 5.39. The summed E-state index contributed by atoms with van der Waals surface area (Å²) in [6, 6.07) is 7.61. The summed E-state index contributed by atoms with van der Waals surface area (Å²) in [5.74, 6) is -0.111. The van der Waals surface area contributed by atoms with E-state index in [9.17, 15) is 9.59 Å². The third-order valence-electron chi connectivity index (χ3n) is 3.49. The standard InChI is InChI=1S/C15H21N3O2/c1-11-4-6-12(7-5-11)14(17(2)3)15(20)18-9-8-16-13(19)10-18/h4-7,14H,8-10H2,1-3H3,(H,16,19)/t14-/m1/s1. The van der Waals surface area contributed by atoms with E-state index in [2.05, 4.69) is 5.32 Å². The highest BCUT2D eigenvalue weighted by Crippen LogP contribution is 2.21. The molecule has 0 aliphatic carbocycles. The highest BCUT2D eigenvalue weighted by atomic mass is 16.2. The van der Waals surface area contributed by atoms with Crippen LogP contribution in [0.15, 0.2) is 24.3 Å². The van der Waals surface area contributed by atoms with Crippen LogP contribution in [0.25, 0.3) is 0 Å². The Labute approximate surface area is 119 Å². The summed E-state index contributed by atoms with van der Waals surface area (Å²) in [5, 5.41) is 2.74. The Hall–Kier alpha value is -1.88. The molecule has 1 aromatic rings. The van der Waals surface area contributed by atoms with E-state index in [1.165, 1.54) is 0 Å². The lowest BCUT2D eigenvalue weighted by molar-refractivity contribution is -0.142. The van der Waals surface area contributed by atoms with Crippen LogP contribution in [-0.2, 0) is 9.59 Å². The van der Waals surface area contributed by atoms with Crippen LogP contribution in [-0.4, -0.2) is 55.3 Å². The predicted octanol–water partition coefficient (Wildman–Crippen LogP) is 0.556. The fraction of sp³-hybridized carbons (Fsp3) is 0.467. The Balaban J connectivity index is 2.21. The van der Waals surface area contributed by atoms with Gasteiger partial charge in [0.15, 0.2) is 0 Å². The van der Waals surface area contributed by atoms with Gasteiger partial charge in [0.25, 0.3) is 0 Å². The molecule has 5 heteroatoms. The first-order valence-corrected chi connectivity index (χ1v) is 6.77. The predicted molar refractivity (Wildman–Crippen MR) is 77.2 cm³/mol. The third-order valence-corrected chi connectivity index (χ3v) is 3.49. The van der Waals surface area contributed by atoms with Crippen LogP contribution in [0.5, 0.6) is 0 Å². The first kappa shape index (κ1) is 14.5. The van der Waals surface area contributed by atoms with Crippen molar-refractivity contribution < 1.29 is 9.59 Å². The van der Waals surface area contributed by atoms with Crippen molar-refractivity contribution in [3.05, 3.63) is 35.4 Å². The molecule has 1 N–H and O–H groups in total. The highest BCUT2D eigenvalue weighted by molar-refractivity contribution is 5.89. The minimum Gasteiger partial charge on any atom is -0.353 e. The summed E-state index contributed by atoms with van der Waals surface area (Å²) in [5.41, 5.74) is 2.12. The van der Waals surface area contributed by atoms with E-state index in [0.717, 1.165) is 11.1 Å². The number of amides is 2. The maximum absolute atomic E-state index is 12.7. The number of benzene rings is 1. The average molecular weight is 275 g/mol. The molecule has 20 heavy (non-hydrogen) atoms. The third kappa shape index (κ3) is 3.17. The van der Waals surface area contributed by atoms with Crippen molar-refractivity contribution >= 4 is 11.8 Å². The maximum Gasteiger partial charge on any atom is 0.245 e. The molecule has 1 atom stereocenters. The van der Waals surface area contributed by atoms with Gasteiger partial charge >= 0.3 is 0 Å². The molecular weight excluding hydrogens is 254 g/mol. The fourth-order valence-corrected chi connectivity index (χ4v) is 2.41. The SMILES string of the molecule is Cc1ccc([C@H](C(=O)N2CCNC(=O)C2)N(C)C)cc1. The Morgan fingerprint density at radius 2 is 1.95 bits per heavy atom. The Morgan fingerprint density at radius 3 is 2.50 bits per heavy atom. The molecule has 1 heterocycles. The topological polar surface area (TPSA) is 52.7 Å². The Kier molecular flexibility index (Phi) is 4.39. The van der Waals surface area contributed by atoms with Crippen LogP contribution in [0, 0.1) is 6.92 Å². The molecule has 0 bridgehead atoms. The molecule has 1 fully saturated rings. The molecule has 0 aromatic heterocycles. The fourth-order valence-electron chi connectivity index (χ4n) is 2.41. The van der Waals surface area contributed by atoms with Gasteiger partial charge in [0.05, 0.1) is 6.54 Å². The van der Waals surface area contributed by atoms with E-state index in [-0.39, 0.29) is 24.4 Å². The number of carbonyl (C=O) groups is 2. The van der Waals surface area contributed by atoms with Crippen molar-refractivity contribution in [1.82, 2.24) is 15.1 Å². The van der Waals surface area contributed by atoms with E-state index in [4.69, 9.17) is 0 Å². The second kappa shape index (κ2) is 6.05. The molecule has 0 saturated carbocycles. The van der Waals surface area contributed by atoms with Crippen molar-refractivity contribution in [1.29, 1.82) is 0 Å². The van der Waals surface area contributed by atoms with Gasteiger partial charge in [-0.05, 0) is 26.6 Å². The molecular formula is C15H21N3O2. The molecule has 0 radical (unpaired) electrons. The quantitative estimate of drug-likeness (QED) is 0.877. The van der Waals surface area contributed by atoms with E-state index in [1.807, 2.05) is 50.2 Å².